The second-order valence-electron chi connectivity index (χ2n) is 13.8. The Hall–Kier alpha value is -3.58. The summed E-state index contributed by atoms with van der Waals surface area (Å²) in [4.78, 5) is 55.7. The van der Waals surface area contributed by atoms with Crippen LogP contribution in [0.25, 0.3) is 0 Å². The molecule has 6 atom stereocenters. The molecule has 48 heavy (non-hydrogen) atoms. The van der Waals surface area contributed by atoms with Gasteiger partial charge >= 0.3 is 0 Å². The molecule has 0 bridgehead atoms. The van der Waals surface area contributed by atoms with Crippen LogP contribution in [-0.4, -0.2) is 70.8 Å². The highest BCUT2D eigenvalue weighted by Gasteiger charge is 2.66. The van der Waals surface area contributed by atoms with Gasteiger partial charge in [0.1, 0.15) is 6.10 Å². The molecule has 3 aromatic carbocycles. The Kier molecular flexibility index (Phi) is 9.31. The van der Waals surface area contributed by atoms with Crippen LogP contribution in [0.15, 0.2) is 66.7 Å². The van der Waals surface area contributed by atoms with Gasteiger partial charge in [-0.3, -0.25) is 14.4 Å². The van der Waals surface area contributed by atoms with Gasteiger partial charge in [-0.15, -0.1) is 0 Å². The fourth-order valence-electron chi connectivity index (χ4n) is 7.86. The summed E-state index contributed by atoms with van der Waals surface area (Å²) in [5.74, 6) is -1.49. The number of hydrogen-bond donors (Lipinski definition) is 4. The van der Waals surface area contributed by atoms with Crippen molar-refractivity contribution in [1.82, 2.24) is 4.90 Å². The molecule has 3 amide bonds. The van der Waals surface area contributed by atoms with Crippen LogP contribution in [0, 0.1) is 5.92 Å². The number of aliphatic hydroxyl groups is 2. The van der Waals surface area contributed by atoms with Crippen LogP contribution < -0.4 is 10.2 Å². The molecule has 4 N–H and O–H groups in total. The number of amides is 3. The maximum atomic E-state index is 14.7. The van der Waals surface area contributed by atoms with Crippen LogP contribution in [0.3, 0.4) is 0 Å². The van der Waals surface area contributed by atoms with E-state index >= 15 is 0 Å². The minimum Gasteiger partial charge on any atom is -0.432 e. The zero-order chi connectivity index (χ0) is 34.5. The largest absolute Gasteiger partial charge is 0.432 e. The van der Waals surface area contributed by atoms with Crippen molar-refractivity contribution < 1.29 is 34.1 Å². The lowest BCUT2D eigenvalue weighted by Crippen LogP contribution is -2.48. The highest BCUT2D eigenvalue weighted by atomic mass is 35.5. The molecular weight excluding hydrogens is 650 g/mol. The number of rotatable bonds is 8. The number of nitrogens with zero attached hydrogens (tertiary/aromatic N) is 2. The lowest BCUT2D eigenvalue weighted by molar-refractivity contribution is -0.151. The summed E-state index contributed by atoms with van der Waals surface area (Å²) in [6.45, 7) is 7.33. The van der Waals surface area contributed by atoms with E-state index in [4.69, 9.17) is 16.3 Å². The maximum Gasteiger partial charge on any atom is 0.264 e. The molecule has 3 aliphatic heterocycles. The van der Waals surface area contributed by atoms with Gasteiger partial charge in [-0.25, -0.2) is 0 Å². The summed E-state index contributed by atoms with van der Waals surface area (Å²) in [6.07, 6.45) is -1.40. The van der Waals surface area contributed by atoms with Crippen LogP contribution in [0.4, 0.5) is 11.4 Å². The van der Waals surface area contributed by atoms with E-state index in [1.165, 1.54) is 6.92 Å². The smallest absolute Gasteiger partial charge is 0.264 e. The average molecular weight is 692 g/mol. The lowest BCUT2D eigenvalue weighted by atomic mass is 9.82. The summed E-state index contributed by atoms with van der Waals surface area (Å²) in [5.41, 5.74) is 2.76. The van der Waals surface area contributed by atoms with Crippen molar-refractivity contribution in [1.29, 1.82) is 0 Å². The van der Waals surface area contributed by atoms with E-state index in [0.717, 1.165) is 16.7 Å². The second-order valence-corrected chi connectivity index (χ2v) is 18.2. The molecule has 254 valence electrons. The highest BCUT2D eigenvalue weighted by molar-refractivity contribution is 6.71. The summed E-state index contributed by atoms with van der Waals surface area (Å²) < 4.78 is 6.85. The van der Waals surface area contributed by atoms with Crippen molar-refractivity contribution in [2.45, 2.75) is 82.3 Å². The first-order valence-electron chi connectivity index (χ1n) is 16.3. The number of fused-ring (bicyclic) bond motifs is 3. The molecule has 0 saturated carbocycles. The van der Waals surface area contributed by atoms with E-state index in [1.807, 2.05) is 44.3 Å². The van der Waals surface area contributed by atoms with Gasteiger partial charge in [0.15, 0.2) is 13.9 Å². The Labute approximate surface area is 286 Å². The van der Waals surface area contributed by atoms with Gasteiger partial charge in [0, 0.05) is 34.3 Å². The number of aliphatic hydroxyl groups excluding tert-OH is 2. The fraction of sp³-hybridized carbons (Fsp3) is 0.417. The Morgan fingerprint density at radius 3 is 2.44 bits per heavy atom. The monoisotopic (exact) mass is 691 g/mol. The Balaban J connectivity index is 1.31. The molecule has 0 radical (unpaired) electrons. The molecule has 12 heteroatoms. The van der Waals surface area contributed by atoms with Crippen molar-refractivity contribution in [2.75, 3.05) is 16.8 Å². The van der Waals surface area contributed by atoms with Crippen LogP contribution in [0.1, 0.15) is 42.5 Å². The molecule has 1 saturated heterocycles. The number of anilines is 2. The quantitative estimate of drug-likeness (QED) is 0.258. The minimum atomic E-state index is -3.03. The van der Waals surface area contributed by atoms with Crippen LogP contribution in [-0.2, 0) is 44.2 Å². The van der Waals surface area contributed by atoms with Gasteiger partial charge in [0.25, 0.3) is 11.8 Å². The standard InChI is InChI=1S/C36H42ClN3O7Si/c1-21-33(48(3,4)46)31(17-32(43)39-19-25-8-6-5-7-24(25)15-28(39)20-41)47-36(21)29-16-26(37)11-14-30(29)40(35(36)45)18-23-9-12-27(13-10-23)38-34(44)22(2)42/h5-14,16,21-22,28,31,33,41-42,46H,15,17-20H2,1-4H3,(H,38,44)/t21-,22-,28-,31+,33-,36+/m0/s1. The summed E-state index contributed by atoms with van der Waals surface area (Å²) in [5, 5.41) is 22.8. The van der Waals surface area contributed by atoms with Crippen molar-refractivity contribution in [2.24, 2.45) is 5.92 Å². The summed E-state index contributed by atoms with van der Waals surface area (Å²) in [7, 11) is -3.03. The van der Waals surface area contributed by atoms with E-state index in [2.05, 4.69) is 5.32 Å². The molecule has 1 spiro atoms. The third-order valence-electron chi connectivity index (χ3n) is 10.1. The second kappa shape index (κ2) is 13.0. The van der Waals surface area contributed by atoms with Gasteiger partial charge < -0.3 is 34.9 Å². The van der Waals surface area contributed by atoms with Gasteiger partial charge in [-0.1, -0.05) is 54.9 Å². The first-order valence-corrected chi connectivity index (χ1v) is 19.7. The summed E-state index contributed by atoms with van der Waals surface area (Å²) in [6, 6.07) is 19.8. The van der Waals surface area contributed by atoms with Crippen LogP contribution in [0.5, 0.6) is 0 Å². The number of carbonyl (C=O) groups is 3. The van der Waals surface area contributed by atoms with Gasteiger partial charge in [-0.05, 0) is 73.5 Å². The first-order chi connectivity index (χ1) is 22.7. The Morgan fingerprint density at radius 2 is 1.79 bits per heavy atom. The zero-order valence-corrected chi connectivity index (χ0v) is 29.3. The normalized spacial score (nSPS) is 25.6. The van der Waals surface area contributed by atoms with Gasteiger partial charge in [-0.2, -0.15) is 0 Å². The molecular formula is C36H42ClN3O7Si. The fourth-order valence-corrected chi connectivity index (χ4v) is 10.6. The number of carbonyl (C=O) groups excluding carboxylic acids is 3. The van der Waals surface area contributed by atoms with E-state index < -0.39 is 43.5 Å². The van der Waals surface area contributed by atoms with Crippen LogP contribution >= 0.6 is 11.6 Å². The zero-order valence-electron chi connectivity index (χ0n) is 27.5. The molecule has 6 rings (SSSR count). The number of nitrogens with one attached hydrogen (secondary N) is 1. The molecule has 0 aliphatic carbocycles. The molecule has 3 heterocycles. The van der Waals surface area contributed by atoms with E-state index in [0.29, 0.717) is 34.9 Å². The SMILES string of the molecule is C[C@H](O)C(=O)Nc1ccc(CN2C(=O)[C@]3(O[C@H](CC(=O)N4Cc5ccccc5C[C@H]4CO)[C@@H]([Si](C)(C)O)[C@@H]3C)c3cc(Cl)ccc32)cc1. The number of benzene rings is 3. The molecule has 3 aromatic rings. The van der Waals surface area contributed by atoms with Crippen molar-refractivity contribution in [3.63, 3.8) is 0 Å². The van der Waals surface area contributed by atoms with Crippen LogP contribution in [0.2, 0.25) is 23.7 Å². The first kappa shape index (κ1) is 34.3. The molecule has 0 unspecified atom stereocenters. The Bertz CT molecular complexity index is 1730. The molecule has 0 aromatic heterocycles. The summed E-state index contributed by atoms with van der Waals surface area (Å²) >= 11 is 6.53. The van der Waals surface area contributed by atoms with Gasteiger partial charge in [0.05, 0.1) is 37.4 Å². The van der Waals surface area contributed by atoms with Crippen molar-refractivity contribution in [3.05, 3.63) is 94.0 Å². The lowest BCUT2D eigenvalue weighted by Gasteiger charge is -2.37. The molecule has 1 fully saturated rings. The highest BCUT2D eigenvalue weighted by Crippen LogP contribution is 2.60. The van der Waals surface area contributed by atoms with E-state index in [1.54, 1.807) is 52.3 Å². The van der Waals surface area contributed by atoms with E-state index in [9.17, 15) is 29.4 Å². The Morgan fingerprint density at radius 1 is 1.10 bits per heavy atom. The predicted octanol–water partition coefficient (Wildman–Crippen LogP) is 4.34. The predicted molar refractivity (Wildman–Crippen MR) is 185 cm³/mol. The molecule has 10 nitrogen and oxygen atoms in total. The van der Waals surface area contributed by atoms with E-state index in [-0.39, 0.29) is 37.4 Å². The van der Waals surface area contributed by atoms with Crippen molar-refractivity contribution in [3.8, 4) is 0 Å². The minimum absolute atomic E-state index is 0.0464. The van der Waals surface area contributed by atoms with Crippen molar-refractivity contribution >= 4 is 49.0 Å². The number of hydrogen-bond acceptors (Lipinski definition) is 7. The number of halogens is 1. The third-order valence-corrected chi connectivity index (χ3v) is 12.9. The maximum absolute atomic E-state index is 14.7. The van der Waals surface area contributed by atoms with Gasteiger partial charge in [0.2, 0.25) is 5.91 Å². The average Bonchev–Trinajstić information content (AvgIpc) is 3.46. The third kappa shape index (κ3) is 6.08. The topological polar surface area (TPSA) is 140 Å². The number of ether oxygens (including phenoxy) is 1. The molecule has 3 aliphatic rings.